The number of halogens is 1. The first-order valence-electron chi connectivity index (χ1n) is 12.1. The Hall–Kier alpha value is -3.59. The molecule has 3 rings (SSSR count). The summed E-state index contributed by atoms with van der Waals surface area (Å²) in [5.74, 6) is 0.0559. The van der Waals surface area contributed by atoms with Crippen LogP contribution in [0.3, 0.4) is 0 Å². The first-order chi connectivity index (χ1) is 18.0. The maximum Gasteiger partial charge on any atom is 0.341 e. The Morgan fingerprint density at radius 2 is 1.55 bits per heavy atom. The highest BCUT2D eigenvalue weighted by molar-refractivity contribution is 6.30. The fourth-order valence-electron chi connectivity index (χ4n) is 3.55. The van der Waals surface area contributed by atoms with Crippen molar-refractivity contribution in [3.05, 3.63) is 88.9 Å². The third kappa shape index (κ3) is 9.37. The van der Waals surface area contributed by atoms with E-state index in [0.717, 1.165) is 5.56 Å². The summed E-state index contributed by atoms with van der Waals surface area (Å²) in [5.41, 5.74) is 0.818. The number of esters is 1. The second-order valence-corrected chi connectivity index (χ2v) is 10.1. The lowest BCUT2D eigenvalue weighted by molar-refractivity contribution is -0.160. The minimum absolute atomic E-state index is 0.408. The molecule has 9 heteroatoms. The minimum atomic E-state index is -1.14. The van der Waals surface area contributed by atoms with Crippen molar-refractivity contribution >= 4 is 23.5 Å². The lowest BCUT2D eigenvalue weighted by Crippen LogP contribution is -2.46. The van der Waals surface area contributed by atoms with E-state index in [1.54, 1.807) is 69.3 Å². The van der Waals surface area contributed by atoms with Gasteiger partial charge in [0.2, 0.25) is 0 Å². The molecule has 0 spiro atoms. The summed E-state index contributed by atoms with van der Waals surface area (Å²) < 4.78 is 16.5. The van der Waals surface area contributed by atoms with Crippen LogP contribution >= 0.6 is 11.6 Å². The van der Waals surface area contributed by atoms with Gasteiger partial charge in [0.1, 0.15) is 35.0 Å². The van der Waals surface area contributed by atoms with E-state index in [-0.39, 0.29) is 0 Å². The predicted octanol–water partition coefficient (Wildman–Crippen LogP) is 5.17. The van der Waals surface area contributed by atoms with Crippen LogP contribution in [0.15, 0.2) is 72.8 Å². The van der Waals surface area contributed by atoms with E-state index in [2.05, 4.69) is 5.32 Å². The average molecular weight is 542 g/mol. The number of aliphatic hydroxyl groups excluding tert-OH is 1. The van der Waals surface area contributed by atoms with Crippen LogP contribution in [0.1, 0.15) is 38.0 Å². The van der Waals surface area contributed by atoms with E-state index < -0.39 is 36.3 Å². The largest absolute Gasteiger partial charge is 0.482 e. The minimum Gasteiger partial charge on any atom is -0.482 e. The van der Waals surface area contributed by atoms with Gasteiger partial charge in [-0.15, -0.1) is 0 Å². The molecule has 0 aromatic heterocycles. The topological polar surface area (TPSA) is 114 Å². The van der Waals surface area contributed by atoms with Gasteiger partial charge in [-0.1, -0.05) is 35.9 Å². The highest BCUT2D eigenvalue weighted by atomic mass is 35.5. The number of benzene rings is 3. The smallest absolute Gasteiger partial charge is 0.341 e. The Morgan fingerprint density at radius 1 is 0.947 bits per heavy atom. The first kappa shape index (κ1) is 29.0. The molecule has 3 N–H and O–H groups in total. The van der Waals surface area contributed by atoms with Crippen molar-refractivity contribution in [3.8, 4) is 17.2 Å². The SMILES string of the molecule is CC(C)(C)OC(=O)C(NCCc1ccc(Oc2ccc(OCC(=O)O)cc2)cc1)[C@H](O)c1cccc(Cl)c1. The number of hydrogen-bond acceptors (Lipinski definition) is 7. The van der Waals surface area contributed by atoms with Crippen LogP contribution in [0.5, 0.6) is 17.2 Å². The second-order valence-electron chi connectivity index (χ2n) is 9.61. The fourth-order valence-corrected chi connectivity index (χ4v) is 3.75. The number of nitrogens with one attached hydrogen (secondary N) is 1. The molecule has 38 heavy (non-hydrogen) atoms. The second kappa shape index (κ2) is 13.3. The van der Waals surface area contributed by atoms with Gasteiger partial charge in [0, 0.05) is 11.6 Å². The molecular weight excluding hydrogens is 510 g/mol. The Labute approximate surface area is 227 Å². The number of carbonyl (C=O) groups is 2. The zero-order chi connectivity index (χ0) is 27.7. The van der Waals surface area contributed by atoms with E-state index in [1.807, 2.05) is 24.3 Å². The van der Waals surface area contributed by atoms with Crippen LogP contribution in [0.4, 0.5) is 0 Å². The van der Waals surface area contributed by atoms with E-state index in [9.17, 15) is 14.7 Å². The van der Waals surface area contributed by atoms with Gasteiger partial charge in [-0.2, -0.15) is 0 Å². The van der Waals surface area contributed by atoms with E-state index in [0.29, 0.717) is 40.8 Å². The Balaban J connectivity index is 1.58. The van der Waals surface area contributed by atoms with Crippen molar-refractivity contribution in [1.29, 1.82) is 0 Å². The zero-order valence-electron chi connectivity index (χ0n) is 21.5. The van der Waals surface area contributed by atoms with Gasteiger partial charge in [0.05, 0.1) is 0 Å². The van der Waals surface area contributed by atoms with Crippen molar-refractivity contribution in [2.75, 3.05) is 13.2 Å². The number of carbonyl (C=O) groups excluding carboxylic acids is 1. The zero-order valence-corrected chi connectivity index (χ0v) is 22.3. The number of carboxylic acids is 1. The predicted molar refractivity (Wildman–Crippen MR) is 144 cm³/mol. The maximum atomic E-state index is 12.9. The van der Waals surface area contributed by atoms with Crippen molar-refractivity contribution < 1.29 is 34.0 Å². The van der Waals surface area contributed by atoms with Gasteiger partial charge in [0.15, 0.2) is 6.61 Å². The monoisotopic (exact) mass is 541 g/mol. The first-order valence-corrected chi connectivity index (χ1v) is 12.5. The van der Waals surface area contributed by atoms with Crippen LogP contribution in [0.25, 0.3) is 0 Å². The van der Waals surface area contributed by atoms with Crippen molar-refractivity contribution in [3.63, 3.8) is 0 Å². The molecule has 0 bridgehead atoms. The van der Waals surface area contributed by atoms with Crippen LogP contribution in [-0.4, -0.2) is 46.9 Å². The maximum absolute atomic E-state index is 12.9. The van der Waals surface area contributed by atoms with Gasteiger partial charge in [-0.05, 0) is 86.8 Å². The van der Waals surface area contributed by atoms with Crippen molar-refractivity contribution in [1.82, 2.24) is 5.32 Å². The van der Waals surface area contributed by atoms with Gasteiger partial charge in [-0.3, -0.25) is 4.79 Å². The molecule has 0 fully saturated rings. The number of rotatable bonds is 12. The lowest BCUT2D eigenvalue weighted by Gasteiger charge is -2.27. The van der Waals surface area contributed by atoms with Crippen LogP contribution in [0, 0.1) is 0 Å². The van der Waals surface area contributed by atoms with Gasteiger partial charge in [-0.25, -0.2) is 4.79 Å². The number of hydrogen-bond donors (Lipinski definition) is 3. The number of aliphatic carboxylic acids is 1. The molecule has 2 atom stereocenters. The quantitative estimate of drug-likeness (QED) is 0.269. The molecular formula is C29H32ClNO7. The van der Waals surface area contributed by atoms with E-state index in [1.165, 1.54) is 0 Å². The number of carboxylic acid groups (broad SMARTS) is 1. The molecule has 0 heterocycles. The van der Waals surface area contributed by atoms with Gasteiger partial charge < -0.3 is 29.7 Å². The normalized spacial score (nSPS) is 12.9. The Morgan fingerprint density at radius 3 is 2.13 bits per heavy atom. The fraction of sp³-hybridized carbons (Fsp3) is 0.310. The summed E-state index contributed by atoms with van der Waals surface area (Å²) in [5, 5.41) is 23.2. The molecule has 1 unspecified atom stereocenters. The summed E-state index contributed by atoms with van der Waals surface area (Å²) in [4.78, 5) is 23.5. The molecule has 0 amide bonds. The molecule has 0 aliphatic heterocycles. The summed E-state index contributed by atoms with van der Waals surface area (Å²) in [6, 6.07) is 19.9. The molecule has 0 aliphatic carbocycles. The Bertz CT molecular complexity index is 1210. The molecule has 8 nitrogen and oxygen atoms in total. The lowest BCUT2D eigenvalue weighted by atomic mass is 10.0. The Kier molecular flexibility index (Phi) is 10.1. The molecule has 0 saturated heterocycles. The molecule has 0 radical (unpaired) electrons. The van der Waals surface area contributed by atoms with E-state index >= 15 is 0 Å². The van der Waals surface area contributed by atoms with Gasteiger partial charge >= 0.3 is 11.9 Å². The van der Waals surface area contributed by atoms with Gasteiger partial charge in [0.25, 0.3) is 0 Å². The molecule has 0 saturated carbocycles. The summed E-state index contributed by atoms with van der Waals surface area (Å²) in [6.45, 7) is 5.34. The average Bonchev–Trinajstić information content (AvgIpc) is 2.85. The molecule has 0 aliphatic rings. The standard InChI is InChI=1S/C29H32ClNO7/c1-29(2,3)38-28(35)26(27(34)20-5-4-6-21(30)17-20)31-16-15-19-7-9-23(10-8-19)37-24-13-11-22(12-14-24)36-18-25(32)33/h4-14,17,26-27,31,34H,15-16,18H2,1-3H3,(H,32,33)/t26?,27-/m1/s1. The third-order valence-corrected chi connectivity index (χ3v) is 5.52. The summed E-state index contributed by atoms with van der Waals surface area (Å²) in [6.07, 6.45) is -0.544. The van der Waals surface area contributed by atoms with Crippen molar-refractivity contribution in [2.24, 2.45) is 0 Å². The highest BCUT2D eigenvalue weighted by Crippen LogP contribution is 2.25. The van der Waals surface area contributed by atoms with E-state index in [4.69, 9.17) is 30.9 Å². The third-order valence-electron chi connectivity index (χ3n) is 5.29. The van der Waals surface area contributed by atoms with Crippen molar-refractivity contribution in [2.45, 2.75) is 44.9 Å². The van der Waals surface area contributed by atoms with Crippen LogP contribution in [0.2, 0.25) is 5.02 Å². The van der Waals surface area contributed by atoms with Crippen LogP contribution < -0.4 is 14.8 Å². The molecule has 202 valence electrons. The molecule has 3 aromatic carbocycles. The number of ether oxygens (including phenoxy) is 3. The number of aliphatic hydroxyl groups is 1. The molecule has 3 aromatic rings. The summed E-state index contributed by atoms with van der Waals surface area (Å²) >= 11 is 6.07. The summed E-state index contributed by atoms with van der Waals surface area (Å²) in [7, 11) is 0. The van der Waals surface area contributed by atoms with Crippen LogP contribution in [-0.2, 0) is 20.7 Å². The highest BCUT2D eigenvalue weighted by Gasteiger charge is 2.32.